The summed E-state index contributed by atoms with van der Waals surface area (Å²) in [5.41, 5.74) is 4.13. The summed E-state index contributed by atoms with van der Waals surface area (Å²) in [7, 11) is 0. The van der Waals surface area contributed by atoms with Crippen molar-refractivity contribution in [3.63, 3.8) is 0 Å². The quantitative estimate of drug-likeness (QED) is 0.246. The lowest BCUT2D eigenvalue weighted by atomic mass is 10.1. The Morgan fingerprint density at radius 1 is 0.814 bits per heavy atom. The summed E-state index contributed by atoms with van der Waals surface area (Å²) in [5.74, 6) is 0.365. The Morgan fingerprint density at radius 3 is 2.26 bits per heavy atom. The Bertz CT molecular complexity index is 1800. The van der Waals surface area contributed by atoms with E-state index in [2.05, 4.69) is 30.8 Å². The largest absolute Gasteiger partial charge is 0.378 e. The minimum Gasteiger partial charge on any atom is -0.378 e. The van der Waals surface area contributed by atoms with Crippen LogP contribution in [-0.2, 0) is 9.53 Å². The van der Waals surface area contributed by atoms with Crippen LogP contribution in [-0.4, -0.2) is 58.2 Å². The molecule has 0 spiro atoms. The average molecular weight is 579 g/mol. The molecule has 11 nitrogen and oxygen atoms in total. The lowest BCUT2D eigenvalue weighted by Crippen LogP contribution is -2.37. The molecule has 3 aromatic carbocycles. The summed E-state index contributed by atoms with van der Waals surface area (Å²) in [4.78, 5) is 44.0. The number of nitrogens with zero attached hydrogens (tertiary/aromatic N) is 5. The highest BCUT2D eigenvalue weighted by atomic mass is 19.1. The summed E-state index contributed by atoms with van der Waals surface area (Å²) < 4.78 is 20.0. The van der Waals surface area contributed by atoms with Crippen molar-refractivity contribution in [3.05, 3.63) is 85.2 Å². The number of ether oxygens (including phenoxy) is 1. The molecule has 0 aliphatic carbocycles. The normalized spacial score (nSPS) is 13.0. The molecule has 1 aliphatic heterocycles. The molecule has 2 aromatic heterocycles. The first kappa shape index (κ1) is 27.7. The highest BCUT2D eigenvalue weighted by Gasteiger charge is 2.19. The van der Waals surface area contributed by atoms with Gasteiger partial charge in [0.1, 0.15) is 18.0 Å². The van der Waals surface area contributed by atoms with Gasteiger partial charge >= 0.3 is 6.03 Å². The molecule has 0 saturated carbocycles. The van der Waals surface area contributed by atoms with Crippen LogP contribution in [0.15, 0.2) is 79.4 Å². The molecule has 0 bridgehead atoms. The van der Waals surface area contributed by atoms with E-state index in [4.69, 9.17) is 14.7 Å². The van der Waals surface area contributed by atoms with E-state index in [0.29, 0.717) is 43.5 Å². The van der Waals surface area contributed by atoms with Gasteiger partial charge in [-0.15, -0.1) is 0 Å². The number of benzene rings is 3. The van der Waals surface area contributed by atoms with E-state index in [9.17, 15) is 14.0 Å². The van der Waals surface area contributed by atoms with Crippen molar-refractivity contribution in [2.24, 2.45) is 0 Å². The van der Waals surface area contributed by atoms with Crippen molar-refractivity contribution < 1.29 is 18.7 Å². The molecule has 3 N–H and O–H groups in total. The van der Waals surface area contributed by atoms with Gasteiger partial charge in [-0.25, -0.2) is 29.1 Å². The van der Waals surface area contributed by atoms with Gasteiger partial charge in [-0.3, -0.25) is 4.79 Å². The van der Waals surface area contributed by atoms with E-state index in [1.807, 2.05) is 30.3 Å². The molecule has 0 radical (unpaired) electrons. The number of aromatic nitrogens is 4. The van der Waals surface area contributed by atoms with Crippen LogP contribution in [0.2, 0.25) is 0 Å². The second-order valence-electron chi connectivity index (χ2n) is 9.86. The number of morpholine rings is 1. The van der Waals surface area contributed by atoms with Crippen molar-refractivity contribution >= 4 is 45.7 Å². The topological polar surface area (TPSA) is 134 Å². The maximum atomic E-state index is 14.4. The maximum absolute atomic E-state index is 14.4. The minimum absolute atomic E-state index is 0.0233. The number of rotatable bonds is 6. The smallest absolute Gasteiger partial charge is 0.323 e. The molecule has 3 heterocycles. The van der Waals surface area contributed by atoms with Crippen LogP contribution in [0.5, 0.6) is 0 Å². The number of carbonyl (C=O) groups is 2. The van der Waals surface area contributed by atoms with Gasteiger partial charge in [0.15, 0.2) is 5.82 Å². The molecule has 43 heavy (non-hydrogen) atoms. The lowest BCUT2D eigenvalue weighted by molar-refractivity contribution is -0.114. The van der Waals surface area contributed by atoms with Gasteiger partial charge in [-0.05, 0) is 60.2 Å². The van der Waals surface area contributed by atoms with Crippen LogP contribution in [0.1, 0.15) is 6.92 Å². The number of nitrogens with one attached hydrogen (secondary N) is 3. The van der Waals surface area contributed by atoms with E-state index in [1.165, 1.54) is 25.4 Å². The summed E-state index contributed by atoms with van der Waals surface area (Å²) in [6.45, 7) is 4.00. The SMILES string of the molecule is CC(=O)Nc1ccc(NC(=O)Nc2ccc(-c3nc(N4CCOCC4)c4ccc(-c5cncnc5)cc4n3)cc2)c(F)c1. The number of carbonyl (C=O) groups excluding carboxylic acids is 2. The van der Waals surface area contributed by atoms with Gasteiger partial charge in [0, 0.05) is 60.3 Å². The van der Waals surface area contributed by atoms with Crippen LogP contribution in [0.3, 0.4) is 0 Å². The number of hydrogen-bond donors (Lipinski definition) is 3. The molecule has 0 atom stereocenters. The molecule has 3 amide bonds. The summed E-state index contributed by atoms with van der Waals surface area (Å²) in [6, 6.07) is 16.5. The summed E-state index contributed by atoms with van der Waals surface area (Å²) in [5, 5.41) is 8.61. The van der Waals surface area contributed by atoms with E-state index in [-0.39, 0.29) is 11.6 Å². The standard InChI is InChI=1S/C31H27FN8O3/c1-19(41)35-24-7-9-27(26(32)15-24)38-31(42)36-23-5-2-20(3-6-23)29-37-28-14-21(22-16-33-18-34-17-22)4-8-25(28)30(39-29)40-10-12-43-13-11-40/h2-9,14-18H,10-13H2,1H3,(H,35,41)(H2,36,38,42). The zero-order chi connectivity index (χ0) is 29.8. The molecule has 5 aromatic rings. The Hall–Kier alpha value is -5.49. The van der Waals surface area contributed by atoms with Crippen LogP contribution in [0, 0.1) is 5.82 Å². The van der Waals surface area contributed by atoms with Crippen LogP contribution in [0.4, 0.5) is 32.1 Å². The Morgan fingerprint density at radius 2 is 1.53 bits per heavy atom. The first-order valence-electron chi connectivity index (χ1n) is 13.6. The predicted molar refractivity (Wildman–Crippen MR) is 162 cm³/mol. The van der Waals surface area contributed by atoms with Crippen molar-refractivity contribution in [3.8, 4) is 22.5 Å². The fourth-order valence-corrected chi connectivity index (χ4v) is 4.77. The number of hydrogen-bond acceptors (Lipinski definition) is 8. The third kappa shape index (κ3) is 6.39. The van der Waals surface area contributed by atoms with E-state index in [0.717, 1.165) is 39.5 Å². The molecular weight excluding hydrogens is 551 g/mol. The molecule has 1 aliphatic rings. The summed E-state index contributed by atoms with van der Waals surface area (Å²) >= 11 is 0. The van der Waals surface area contributed by atoms with Crippen molar-refractivity contribution in [2.45, 2.75) is 6.92 Å². The molecule has 12 heteroatoms. The lowest BCUT2D eigenvalue weighted by Gasteiger charge is -2.29. The number of halogens is 1. The summed E-state index contributed by atoms with van der Waals surface area (Å²) in [6.07, 6.45) is 5.01. The van der Waals surface area contributed by atoms with Gasteiger partial charge < -0.3 is 25.6 Å². The van der Waals surface area contributed by atoms with E-state index in [1.54, 1.807) is 24.5 Å². The van der Waals surface area contributed by atoms with Crippen molar-refractivity contribution in [1.29, 1.82) is 0 Å². The average Bonchev–Trinajstić information content (AvgIpc) is 3.02. The second kappa shape index (κ2) is 12.2. The number of anilines is 4. The van der Waals surface area contributed by atoms with Gasteiger partial charge in [0.2, 0.25) is 5.91 Å². The van der Waals surface area contributed by atoms with Gasteiger partial charge in [0.05, 0.1) is 24.4 Å². The zero-order valence-corrected chi connectivity index (χ0v) is 23.2. The molecule has 0 unspecified atom stereocenters. The van der Waals surface area contributed by atoms with Crippen molar-refractivity contribution in [1.82, 2.24) is 19.9 Å². The second-order valence-corrected chi connectivity index (χ2v) is 9.86. The molecule has 1 saturated heterocycles. The van der Waals surface area contributed by atoms with E-state index >= 15 is 0 Å². The third-order valence-electron chi connectivity index (χ3n) is 6.82. The predicted octanol–water partition coefficient (Wildman–Crippen LogP) is 5.33. The fraction of sp³-hybridized carbons (Fsp3) is 0.161. The monoisotopic (exact) mass is 578 g/mol. The zero-order valence-electron chi connectivity index (χ0n) is 23.2. The molecule has 216 valence electrons. The highest BCUT2D eigenvalue weighted by Crippen LogP contribution is 2.31. The van der Waals surface area contributed by atoms with Crippen LogP contribution >= 0.6 is 0 Å². The molecule has 1 fully saturated rings. The third-order valence-corrected chi connectivity index (χ3v) is 6.82. The Balaban J connectivity index is 1.25. The maximum Gasteiger partial charge on any atom is 0.323 e. The molecular formula is C31H27FN8O3. The Labute approximate surface area is 246 Å². The first-order valence-corrected chi connectivity index (χ1v) is 13.6. The van der Waals surface area contributed by atoms with Gasteiger partial charge in [-0.2, -0.15) is 0 Å². The first-order chi connectivity index (χ1) is 20.9. The van der Waals surface area contributed by atoms with Crippen LogP contribution < -0.4 is 20.9 Å². The van der Waals surface area contributed by atoms with Crippen LogP contribution in [0.25, 0.3) is 33.4 Å². The van der Waals surface area contributed by atoms with E-state index < -0.39 is 11.8 Å². The van der Waals surface area contributed by atoms with Gasteiger partial charge in [0.25, 0.3) is 0 Å². The Kier molecular flexibility index (Phi) is 7.83. The highest BCUT2D eigenvalue weighted by molar-refractivity contribution is 6.00. The minimum atomic E-state index is -0.677. The fourth-order valence-electron chi connectivity index (χ4n) is 4.77. The van der Waals surface area contributed by atoms with Crippen molar-refractivity contribution in [2.75, 3.05) is 47.2 Å². The van der Waals surface area contributed by atoms with Gasteiger partial charge in [-0.1, -0.05) is 6.07 Å². The molecule has 6 rings (SSSR count). The number of fused-ring (bicyclic) bond motifs is 1. The number of urea groups is 1. The number of amides is 3.